The molecule has 1 fully saturated rings. The minimum absolute atomic E-state index is 0.0748. The van der Waals surface area contributed by atoms with Gasteiger partial charge in [-0.05, 0) is 24.5 Å². The van der Waals surface area contributed by atoms with Crippen molar-refractivity contribution < 1.29 is 9.59 Å². The Kier molecular flexibility index (Phi) is 3.79. The highest BCUT2D eigenvalue weighted by Crippen LogP contribution is 2.21. The van der Waals surface area contributed by atoms with Crippen LogP contribution in [-0.2, 0) is 9.59 Å². The summed E-state index contributed by atoms with van der Waals surface area (Å²) in [4.78, 5) is 23.6. The number of pyridine rings is 1. The Morgan fingerprint density at radius 2 is 2.23 bits per heavy atom. The monoisotopic (exact) mass is 301 g/mol. The second kappa shape index (κ2) is 5.75. The molecule has 2 aromatic rings. The molecule has 0 aromatic carbocycles. The minimum Gasteiger partial charge on any atom is -0.344 e. The molecule has 2 N–H and O–H groups in total. The lowest BCUT2D eigenvalue weighted by atomic mass is 10.0. The predicted molar refractivity (Wildman–Crippen MR) is 79.9 cm³/mol. The van der Waals surface area contributed by atoms with Crippen molar-refractivity contribution in [2.24, 2.45) is 5.92 Å². The third kappa shape index (κ3) is 2.66. The van der Waals surface area contributed by atoms with Gasteiger partial charge in [-0.2, -0.15) is 0 Å². The molecule has 0 aliphatic carbocycles. The highest BCUT2D eigenvalue weighted by Gasteiger charge is 2.31. The van der Waals surface area contributed by atoms with Crippen molar-refractivity contribution in [3.05, 3.63) is 30.2 Å². The Hall–Kier alpha value is -2.44. The Labute approximate surface area is 128 Å². The summed E-state index contributed by atoms with van der Waals surface area (Å²) >= 11 is 0. The van der Waals surface area contributed by atoms with Gasteiger partial charge in [-0.25, -0.2) is 0 Å². The second-order valence-electron chi connectivity index (χ2n) is 5.88. The highest BCUT2D eigenvalue weighted by atomic mass is 16.2. The molecule has 7 nitrogen and oxygen atoms in total. The number of carbonyl (C=O) groups excluding carboxylic acids is 2. The lowest BCUT2D eigenvalue weighted by Gasteiger charge is -2.22. The summed E-state index contributed by atoms with van der Waals surface area (Å²) in [6.07, 6.45) is 2.82. The standard InChI is InChI=1S/C15H19N5O2/c1-9(2)13(17-15(22)10-6-7-12(21)16-10)14-19-18-11-5-3-4-8-20(11)14/h3-5,8-10,13H,6-7H2,1-2H3,(H,16,21)(H,17,22)/t10-,13?/m1/s1. The number of aromatic nitrogens is 3. The zero-order chi connectivity index (χ0) is 15.7. The summed E-state index contributed by atoms with van der Waals surface area (Å²) in [7, 11) is 0. The number of carbonyl (C=O) groups is 2. The summed E-state index contributed by atoms with van der Waals surface area (Å²) in [5, 5.41) is 14.0. The number of hydrogen-bond acceptors (Lipinski definition) is 4. The Morgan fingerprint density at radius 3 is 2.91 bits per heavy atom. The topological polar surface area (TPSA) is 88.4 Å². The molecule has 1 aliphatic rings. The highest BCUT2D eigenvalue weighted by molar-refractivity contribution is 5.90. The largest absolute Gasteiger partial charge is 0.344 e. The average Bonchev–Trinajstić information content (AvgIpc) is 3.10. The van der Waals surface area contributed by atoms with Gasteiger partial charge in [0.15, 0.2) is 11.5 Å². The van der Waals surface area contributed by atoms with Crippen LogP contribution in [0.4, 0.5) is 0 Å². The molecule has 1 unspecified atom stereocenters. The first-order valence-corrected chi connectivity index (χ1v) is 7.45. The lowest BCUT2D eigenvalue weighted by molar-refractivity contribution is -0.126. The normalized spacial score (nSPS) is 19.4. The SMILES string of the molecule is CC(C)C(NC(=O)[C@H]1CCC(=O)N1)c1nnc2ccccn12. The van der Waals surface area contributed by atoms with E-state index in [0.717, 1.165) is 5.65 Å². The first-order chi connectivity index (χ1) is 10.6. The minimum atomic E-state index is -0.451. The van der Waals surface area contributed by atoms with Gasteiger partial charge in [-0.1, -0.05) is 19.9 Å². The van der Waals surface area contributed by atoms with Crippen LogP contribution in [0, 0.1) is 5.92 Å². The van der Waals surface area contributed by atoms with Gasteiger partial charge in [-0.15, -0.1) is 10.2 Å². The van der Waals surface area contributed by atoms with Gasteiger partial charge in [0, 0.05) is 12.6 Å². The van der Waals surface area contributed by atoms with Crippen molar-refractivity contribution in [2.45, 2.75) is 38.8 Å². The van der Waals surface area contributed by atoms with Crippen LogP contribution in [0.1, 0.15) is 38.6 Å². The van der Waals surface area contributed by atoms with Crippen LogP contribution < -0.4 is 10.6 Å². The van der Waals surface area contributed by atoms with E-state index in [1.165, 1.54) is 0 Å². The van der Waals surface area contributed by atoms with Gasteiger partial charge < -0.3 is 10.6 Å². The molecule has 1 aliphatic heterocycles. The van der Waals surface area contributed by atoms with Gasteiger partial charge in [-0.3, -0.25) is 14.0 Å². The van der Waals surface area contributed by atoms with Crippen LogP contribution in [0.5, 0.6) is 0 Å². The van der Waals surface area contributed by atoms with Crippen LogP contribution in [0.25, 0.3) is 5.65 Å². The van der Waals surface area contributed by atoms with E-state index in [0.29, 0.717) is 18.7 Å². The molecule has 0 saturated carbocycles. The molecule has 3 heterocycles. The summed E-state index contributed by atoms with van der Waals surface area (Å²) in [6, 6.07) is 4.95. The fraction of sp³-hybridized carbons (Fsp3) is 0.467. The Balaban J connectivity index is 1.84. The molecule has 0 radical (unpaired) electrons. The molecule has 2 aromatic heterocycles. The average molecular weight is 301 g/mol. The van der Waals surface area contributed by atoms with Gasteiger partial charge in [0.25, 0.3) is 0 Å². The second-order valence-corrected chi connectivity index (χ2v) is 5.88. The van der Waals surface area contributed by atoms with Crippen molar-refractivity contribution in [3.8, 4) is 0 Å². The van der Waals surface area contributed by atoms with Crippen molar-refractivity contribution in [1.82, 2.24) is 25.2 Å². The fourth-order valence-corrected chi connectivity index (χ4v) is 2.67. The van der Waals surface area contributed by atoms with E-state index in [1.807, 2.05) is 42.6 Å². The van der Waals surface area contributed by atoms with Gasteiger partial charge in [0.2, 0.25) is 11.8 Å². The number of fused-ring (bicyclic) bond motifs is 1. The zero-order valence-corrected chi connectivity index (χ0v) is 12.6. The number of hydrogen-bond donors (Lipinski definition) is 2. The van der Waals surface area contributed by atoms with Crippen LogP contribution >= 0.6 is 0 Å². The Morgan fingerprint density at radius 1 is 1.41 bits per heavy atom. The van der Waals surface area contributed by atoms with E-state index < -0.39 is 6.04 Å². The molecule has 7 heteroatoms. The predicted octanol–water partition coefficient (Wildman–Crippen LogP) is 0.821. The van der Waals surface area contributed by atoms with Crippen molar-refractivity contribution >= 4 is 17.5 Å². The van der Waals surface area contributed by atoms with Gasteiger partial charge >= 0.3 is 0 Å². The number of nitrogens with one attached hydrogen (secondary N) is 2. The van der Waals surface area contributed by atoms with Crippen LogP contribution in [0.15, 0.2) is 24.4 Å². The molecule has 22 heavy (non-hydrogen) atoms. The summed E-state index contributed by atoms with van der Waals surface area (Å²) in [5.41, 5.74) is 0.742. The molecule has 3 rings (SSSR count). The lowest BCUT2D eigenvalue weighted by Crippen LogP contribution is -2.44. The van der Waals surface area contributed by atoms with Crippen LogP contribution in [0.3, 0.4) is 0 Å². The maximum atomic E-state index is 12.4. The first-order valence-electron chi connectivity index (χ1n) is 7.45. The first kappa shape index (κ1) is 14.5. The van der Waals surface area contributed by atoms with Gasteiger partial charge in [0.1, 0.15) is 6.04 Å². The molecule has 0 spiro atoms. The molecule has 1 saturated heterocycles. The van der Waals surface area contributed by atoms with E-state index >= 15 is 0 Å². The number of amides is 2. The third-order valence-corrected chi connectivity index (χ3v) is 3.89. The fourth-order valence-electron chi connectivity index (χ4n) is 2.67. The van der Waals surface area contributed by atoms with E-state index in [-0.39, 0.29) is 23.8 Å². The molecular formula is C15H19N5O2. The maximum Gasteiger partial charge on any atom is 0.243 e. The molecule has 2 atom stereocenters. The molecule has 116 valence electrons. The smallest absolute Gasteiger partial charge is 0.243 e. The Bertz CT molecular complexity index is 709. The van der Waals surface area contributed by atoms with Gasteiger partial charge in [0.05, 0.1) is 6.04 Å². The van der Waals surface area contributed by atoms with Crippen LogP contribution in [0.2, 0.25) is 0 Å². The zero-order valence-electron chi connectivity index (χ0n) is 12.6. The van der Waals surface area contributed by atoms with E-state index in [9.17, 15) is 9.59 Å². The quantitative estimate of drug-likeness (QED) is 0.875. The summed E-state index contributed by atoms with van der Waals surface area (Å²) in [6.45, 7) is 4.03. The van der Waals surface area contributed by atoms with Crippen LogP contribution in [-0.4, -0.2) is 32.5 Å². The summed E-state index contributed by atoms with van der Waals surface area (Å²) < 4.78 is 1.87. The maximum absolute atomic E-state index is 12.4. The van der Waals surface area contributed by atoms with Crippen molar-refractivity contribution in [1.29, 1.82) is 0 Å². The van der Waals surface area contributed by atoms with E-state index in [4.69, 9.17) is 0 Å². The number of nitrogens with zero attached hydrogens (tertiary/aromatic N) is 3. The molecule has 2 amide bonds. The molecular weight excluding hydrogens is 282 g/mol. The van der Waals surface area contributed by atoms with E-state index in [1.54, 1.807) is 0 Å². The van der Waals surface area contributed by atoms with E-state index in [2.05, 4.69) is 20.8 Å². The summed E-state index contributed by atoms with van der Waals surface area (Å²) in [5.74, 6) is 0.600. The van der Waals surface area contributed by atoms with Crippen molar-refractivity contribution in [3.63, 3.8) is 0 Å². The molecule has 0 bridgehead atoms. The number of rotatable bonds is 4. The third-order valence-electron chi connectivity index (χ3n) is 3.89. The van der Waals surface area contributed by atoms with Crippen molar-refractivity contribution in [2.75, 3.05) is 0 Å².